The Kier molecular flexibility index (Phi) is 4.90. The smallest absolute Gasteiger partial charge is 0.162 e. The van der Waals surface area contributed by atoms with Gasteiger partial charge in [0, 0.05) is 30.0 Å². The summed E-state index contributed by atoms with van der Waals surface area (Å²) in [6, 6.07) is 6.93. The molecule has 0 spiro atoms. The third-order valence-electron chi connectivity index (χ3n) is 2.49. The van der Waals surface area contributed by atoms with E-state index in [4.69, 9.17) is 0 Å². The monoisotopic (exact) mass is 269 g/mol. The number of Topliss-reactive ketones (excluding diaryl/α,β-unsaturated/α-hetero) is 1. The van der Waals surface area contributed by atoms with Gasteiger partial charge in [-0.1, -0.05) is 6.92 Å². The molecule has 1 N–H and O–H groups in total. The van der Waals surface area contributed by atoms with E-state index in [0.29, 0.717) is 12.0 Å². The van der Waals surface area contributed by atoms with Gasteiger partial charge in [-0.05, 0) is 31.2 Å². The molecule has 0 aliphatic heterocycles. The Morgan fingerprint density at radius 2 is 1.83 bits per heavy atom. The Labute approximate surface area is 108 Å². The average Bonchev–Trinajstić information content (AvgIpc) is 2.26. The molecule has 1 rings (SSSR count). The number of hydrogen-bond acceptors (Lipinski definition) is 4. The standard InChI is InChI=1S/C13H19NO3S/c1-4-13(15)11-5-7-12(8-6-11)14-10(2)9-18(3,16)17/h5-8,10,14H,4,9H2,1-3H3. The number of ketones is 1. The molecule has 1 unspecified atom stereocenters. The molecule has 0 heterocycles. The quantitative estimate of drug-likeness (QED) is 0.804. The summed E-state index contributed by atoms with van der Waals surface area (Å²) < 4.78 is 22.3. The largest absolute Gasteiger partial charge is 0.382 e. The van der Waals surface area contributed by atoms with Crippen molar-refractivity contribution in [3.8, 4) is 0 Å². The number of carbonyl (C=O) groups excluding carboxylic acids is 1. The molecular weight excluding hydrogens is 250 g/mol. The van der Waals surface area contributed by atoms with Gasteiger partial charge in [0.15, 0.2) is 5.78 Å². The molecule has 0 aromatic heterocycles. The van der Waals surface area contributed by atoms with E-state index in [1.54, 1.807) is 24.3 Å². The molecule has 0 aliphatic carbocycles. The first kappa shape index (κ1) is 14.7. The maximum atomic E-state index is 11.4. The summed E-state index contributed by atoms with van der Waals surface area (Å²) in [5.74, 6) is 0.188. The first-order valence-electron chi connectivity index (χ1n) is 5.89. The number of hydrogen-bond donors (Lipinski definition) is 1. The van der Waals surface area contributed by atoms with Crippen LogP contribution < -0.4 is 5.32 Å². The van der Waals surface area contributed by atoms with E-state index in [1.807, 2.05) is 13.8 Å². The van der Waals surface area contributed by atoms with Crippen molar-refractivity contribution in [1.29, 1.82) is 0 Å². The molecule has 5 heteroatoms. The van der Waals surface area contributed by atoms with Crippen molar-refractivity contribution in [3.63, 3.8) is 0 Å². The van der Waals surface area contributed by atoms with E-state index in [1.165, 1.54) is 6.26 Å². The summed E-state index contributed by atoms with van der Waals surface area (Å²) in [7, 11) is -2.99. The maximum absolute atomic E-state index is 11.4. The van der Waals surface area contributed by atoms with Gasteiger partial charge in [-0.2, -0.15) is 0 Å². The van der Waals surface area contributed by atoms with Gasteiger partial charge < -0.3 is 5.32 Å². The van der Waals surface area contributed by atoms with Crippen molar-refractivity contribution in [1.82, 2.24) is 0 Å². The summed E-state index contributed by atoms with van der Waals surface area (Å²) >= 11 is 0. The van der Waals surface area contributed by atoms with Crippen LogP contribution in [-0.2, 0) is 9.84 Å². The van der Waals surface area contributed by atoms with Crippen molar-refractivity contribution in [2.75, 3.05) is 17.3 Å². The molecule has 1 atom stereocenters. The number of sulfone groups is 1. The highest BCUT2D eigenvalue weighted by Crippen LogP contribution is 2.12. The first-order valence-corrected chi connectivity index (χ1v) is 7.95. The van der Waals surface area contributed by atoms with Crippen LogP contribution in [0.4, 0.5) is 5.69 Å². The van der Waals surface area contributed by atoms with E-state index in [9.17, 15) is 13.2 Å². The molecule has 0 radical (unpaired) electrons. The molecule has 0 aliphatic rings. The minimum Gasteiger partial charge on any atom is -0.382 e. The third kappa shape index (κ3) is 4.87. The van der Waals surface area contributed by atoms with Crippen LogP contribution >= 0.6 is 0 Å². The Morgan fingerprint density at radius 1 is 1.28 bits per heavy atom. The molecule has 0 fully saturated rings. The number of anilines is 1. The minimum atomic E-state index is -2.99. The second-order valence-corrected chi connectivity index (χ2v) is 6.68. The highest BCUT2D eigenvalue weighted by molar-refractivity contribution is 7.90. The molecule has 100 valence electrons. The third-order valence-corrected chi connectivity index (χ3v) is 3.60. The number of carbonyl (C=O) groups is 1. The first-order chi connectivity index (χ1) is 8.31. The zero-order chi connectivity index (χ0) is 13.8. The number of benzene rings is 1. The Balaban J connectivity index is 2.66. The van der Waals surface area contributed by atoms with Gasteiger partial charge in [0.1, 0.15) is 9.84 Å². The summed E-state index contributed by atoms with van der Waals surface area (Å²) in [4.78, 5) is 11.4. The topological polar surface area (TPSA) is 63.2 Å². The second-order valence-electron chi connectivity index (χ2n) is 4.49. The predicted octanol–water partition coefficient (Wildman–Crippen LogP) is 2.12. The van der Waals surface area contributed by atoms with Gasteiger partial charge in [-0.15, -0.1) is 0 Å². The lowest BCUT2D eigenvalue weighted by molar-refractivity contribution is 0.0988. The summed E-state index contributed by atoms with van der Waals surface area (Å²) in [5.41, 5.74) is 1.50. The van der Waals surface area contributed by atoms with E-state index >= 15 is 0 Å². The van der Waals surface area contributed by atoms with Crippen LogP contribution in [0, 0.1) is 0 Å². The van der Waals surface area contributed by atoms with Crippen molar-refractivity contribution >= 4 is 21.3 Å². The molecule has 1 aromatic rings. The van der Waals surface area contributed by atoms with Crippen LogP contribution in [0.15, 0.2) is 24.3 Å². The fourth-order valence-corrected chi connectivity index (χ4v) is 2.73. The lowest BCUT2D eigenvalue weighted by Gasteiger charge is -2.14. The van der Waals surface area contributed by atoms with Crippen LogP contribution in [0.5, 0.6) is 0 Å². The molecule has 0 saturated heterocycles. The maximum Gasteiger partial charge on any atom is 0.162 e. The van der Waals surface area contributed by atoms with E-state index in [-0.39, 0.29) is 17.6 Å². The Morgan fingerprint density at radius 3 is 2.28 bits per heavy atom. The van der Waals surface area contributed by atoms with Crippen molar-refractivity contribution in [3.05, 3.63) is 29.8 Å². The molecule has 18 heavy (non-hydrogen) atoms. The zero-order valence-electron chi connectivity index (χ0n) is 10.9. The number of rotatable bonds is 6. The normalized spacial score (nSPS) is 13.1. The fourth-order valence-electron chi connectivity index (χ4n) is 1.74. The van der Waals surface area contributed by atoms with Gasteiger partial charge in [-0.25, -0.2) is 8.42 Å². The lowest BCUT2D eigenvalue weighted by Crippen LogP contribution is -2.24. The van der Waals surface area contributed by atoms with Crippen LogP contribution in [0.25, 0.3) is 0 Å². The SMILES string of the molecule is CCC(=O)c1ccc(NC(C)CS(C)(=O)=O)cc1. The fraction of sp³-hybridized carbons (Fsp3) is 0.462. The van der Waals surface area contributed by atoms with E-state index in [2.05, 4.69) is 5.32 Å². The van der Waals surface area contributed by atoms with Crippen LogP contribution in [0.2, 0.25) is 0 Å². The van der Waals surface area contributed by atoms with Crippen LogP contribution in [-0.4, -0.2) is 32.3 Å². The van der Waals surface area contributed by atoms with Gasteiger partial charge in [0.05, 0.1) is 5.75 Å². The molecule has 1 aromatic carbocycles. The molecular formula is C13H19NO3S. The molecule has 0 saturated carbocycles. The summed E-state index contributed by atoms with van der Waals surface area (Å²) in [6.45, 7) is 3.63. The summed E-state index contributed by atoms with van der Waals surface area (Å²) in [6.07, 6.45) is 1.70. The van der Waals surface area contributed by atoms with Crippen LogP contribution in [0.3, 0.4) is 0 Å². The van der Waals surface area contributed by atoms with Crippen molar-refractivity contribution < 1.29 is 13.2 Å². The molecule has 0 amide bonds. The average molecular weight is 269 g/mol. The highest BCUT2D eigenvalue weighted by atomic mass is 32.2. The van der Waals surface area contributed by atoms with Crippen molar-refractivity contribution in [2.24, 2.45) is 0 Å². The van der Waals surface area contributed by atoms with Gasteiger partial charge in [0.2, 0.25) is 0 Å². The van der Waals surface area contributed by atoms with Gasteiger partial charge in [0.25, 0.3) is 0 Å². The highest BCUT2D eigenvalue weighted by Gasteiger charge is 2.10. The second kappa shape index (κ2) is 6.00. The van der Waals surface area contributed by atoms with Gasteiger partial charge in [-0.3, -0.25) is 4.79 Å². The van der Waals surface area contributed by atoms with E-state index in [0.717, 1.165) is 5.69 Å². The van der Waals surface area contributed by atoms with E-state index < -0.39 is 9.84 Å². The zero-order valence-corrected chi connectivity index (χ0v) is 11.8. The predicted molar refractivity (Wildman–Crippen MR) is 73.9 cm³/mol. The van der Waals surface area contributed by atoms with Gasteiger partial charge >= 0.3 is 0 Å². The lowest BCUT2D eigenvalue weighted by atomic mass is 10.1. The van der Waals surface area contributed by atoms with Crippen molar-refractivity contribution in [2.45, 2.75) is 26.3 Å². The minimum absolute atomic E-state index is 0.0860. The molecule has 0 bridgehead atoms. The Hall–Kier alpha value is -1.36. The van der Waals surface area contributed by atoms with Crippen LogP contribution in [0.1, 0.15) is 30.6 Å². The summed E-state index contributed by atoms with van der Waals surface area (Å²) in [5, 5.41) is 3.09. The Bertz CT molecular complexity index is 506. The number of nitrogens with one attached hydrogen (secondary N) is 1. The molecule has 4 nitrogen and oxygen atoms in total.